The largest absolute Gasteiger partial charge is 0.466 e. The third kappa shape index (κ3) is 7.67. The van der Waals surface area contributed by atoms with Crippen molar-refractivity contribution >= 4 is 5.97 Å². The van der Waals surface area contributed by atoms with E-state index in [0.717, 1.165) is 0 Å². The molecule has 11 heteroatoms. The van der Waals surface area contributed by atoms with Crippen LogP contribution in [0.25, 0.3) is 0 Å². The Kier molecular flexibility index (Phi) is 9.22. The minimum Gasteiger partial charge on any atom is -0.466 e. The normalized spacial score (nSPS) is 22.6. The minimum absolute atomic E-state index is 0.0649. The van der Waals surface area contributed by atoms with Crippen LogP contribution in [0.2, 0.25) is 0 Å². The molecule has 1 aliphatic carbocycles. The molecule has 0 bridgehead atoms. The van der Waals surface area contributed by atoms with E-state index in [1.807, 2.05) is 0 Å². The smallest absolute Gasteiger partial charge is 0.416 e. The fraction of sp³-hybridized carbons (Fsp3) is 0.500. The predicted molar refractivity (Wildman–Crippen MR) is 119 cm³/mol. The van der Waals surface area contributed by atoms with Crippen LogP contribution in [0.5, 0.6) is 0 Å². The summed E-state index contributed by atoms with van der Waals surface area (Å²) in [5.74, 6) is -2.07. The van der Waals surface area contributed by atoms with Crippen molar-refractivity contribution in [3.05, 3.63) is 70.5 Å². The van der Waals surface area contributed by atoms with Gasteiger partial charge in [-0.2, -0.15) is 26.3 Å². The lowest BCUT2D eigenvalue weighted by molar-refractivity contribution is -0.145. The van der Waals surface area contributed by atoms with Gasteiger partial charge in [0.05, 0.1) is 30.4 Å². The fourth-order valence-electron chi connectivity index (χ4n) is 4.86. The van der Waals surface area contributed by atoms with Crippen molar-refractivity contribution in [3.63, 3.8) is 0 Å². The lowest BCUT2D eigenvalue weighted by atomic mass is 9.68. The Morgan fingerprint density at radius 3 is 2.08 bits per heavy atom. The first-order chi connectivity index (χ1) is 17.3. The summed E-state index contributed by atoms with van der Waals surface area (Å²) in [6, 6.07) is 6.98. The van der Waals surface area contributed by atoms with Crippen molar-refractivity contribution in [1.82, 2.24) is 0 Å². The average Bonchev–Trinajstić information content (AvgIpc) is 2.82. The summed E-state index contributed by atoms with van der Waals surface area (Å²) in [6.07, 6.45) is -9.72. The summed E-state index contributed by atoms with van der Waals surface area (Å²) < 4.78 is 104. The second-order valence-electron chi connectivity index (χ2n) is 9.14. The maximum Gasteiger partial charge on any atom is 0.416 e. The molecule has 1 N–H and O–H groups in total. The standard InChI is InChI=1S/C26H27F7O4/c1-15(35)37-14-18-4-7-23(24(22(18)13-34)17-2-5-21(27)6-3-17)36-9-8-16-10-19(25(28,29)30)12-20(11-16)26(31,32)33/h2-3,5-6,10-12,18,22-24,34H,4,7-9,13-14H2,1H3/t18-,22-,23+,24+/m1/s1. The van der Waals surface area contributed by atoms with E-state index in [0.29, 0.717) is 30.5 Å². The van der Waals surface area contributed by atoms with E-state index in [1.165, 1.54) is 31.2 Å². The highest BCUT2D eigenvalue weighted by Crippen LogP contribution is 2.43. The van der Waals surface area contributed by atoms with Crippen LogP contribution in [-0.2, 0) is 33.0 Å². The molecule has 2 aromatic carbocycles. The molecule has 0 radical (unpaired) electrons. The SMILES string of the molecule is CC(=O)OC[C@H]1CC[C@H](OCCc2cc(C(F)(F)F)cc(C(F)(F)F)c2)[C@@H](c2ccc(F)cc2)[C@@H]1CO. The van der Waals surface area contributed by atoms with Gasteiger partial charge in [-0.15, -0.1) is 0 Å². The lowest BCUT2D eigenvalue weighted by Crippen LogP contribution is -2.41. The molecule has 0 amide bonds. The fourth-order valence-corrected chi connectivity index (χ4v) is 4.86. The zero-order chi connectivity index (χ0) is 27.4. The topological polar surface area (TPSA) is 55.8 Å². The van der Waals surface area contributed by atoms with Crippen LogP contribution in [0, 0.1) is 17.7 Å². The second-order valence-corrected chi connectivity index (χ2v) is 9.14. The zero-order valence-electron chi connectivity index (χ0n) is 19.9. The van der Waals surface area contributed by atoms with Gasteiger partial charge in [-0.3, -0.25) is 4.79 Å². The number of carbonyl (C=O) groups is 1. The first kappa shape index (κ1) is 28.9. The molecule has 2 aromatic rings. The summed E-state index contributed by atoms with van der Waals surface area (Å²) in [6.45, 7) is 0.859. The minimum atomic E-state index is -4.95. The van der Waals surface area contributed by atoms with Crippen LogP contribution in [0.3, 0.4) is 0 Å². The number of ether oxygens (including phenoxy) is 2. The van der Waals surface area contributed by atoms with Gasteiger partial charge >= 0.3 is 18.3 Å². The first-order valence-corrected chi connectivity index (χ1v) is 11.7. The molecule has 0 spiro atoms. The number of aliphatic hydroxyl groups is 1. The molecule has 0 unspecified atom stereocenters. The van der Waals surface area contributed by atoms with Crippen molar-refractivity contribution < 1.29 is 50.1 Å². The summed E-state index contributed by atoms with van der Waals surface area (Å²) >= 11 is 0. The molecule has 0 saturated heterocycles. The highest BCUT2D eigenvalue weighted by molar-refractivity contribution is 5.65. The van der Waals surface area contributed by atoms with Gasteiger partial charge in [-0.25, -0.2) is 4.39 Å². The number of alkyl halides is 6. The summed E-state index contributed by atoms with van der Waals surface area (Å²) in [5, 5.41) is 10.2. The van der Waals surface area contributed by atoms with E-state index in [9.17, 15) is 40.6 Å². The molecule has 1 saturated carbocycles. The quantitative estimate of drug-likeness (QED) is 0.325. The summed E-state index contributed by atoms with van der Waals surface area (Å²) in [4.78, 5) is 11.3. The maximum absolute atomic E-state index is 13.5. The summed E-state index contributed by atoms with van der Waals surface area (Å²) in [5.41, 5.74) is -2.32. The summed E-state index contributed by atoms with van der Waals surface area (Å²) in [7, 11) is 0. The number of hydrogen-bond donors (Lipinski definition) is 1. The Hall–Kier alpha value is -2.66. The Bertz CT molecular complexity index is 1020. The van der Waals surface area contributed by atoms with Crippen molar-refractivity contribution in [2.24, 2.45) is 11.8 Å². The highest BCUT2D eigenvalue weighted by Gasteiger charge is 2.41. The molecule has 0 aliphatic heterocycles. The Labute approximate surface area is 209 Å². The van der Waals surface area contributed by atoms with Crippen molar-refractivity contribution in [2.45, 2.75) is 50.6 Å². The molecule has 1 aliphatic rings. The highest BCUT2D eigenvalue weighted by atomic mass is 19.4. The molecular weight excluding hydrogens is 509 g/mol. The third-order valence-corrected chi connectivity index (χ3v) is 6.63. The second kappa shape index (κ2) is 11.8. The lowest BCUT2D eigenvalue weighted by Gasteiger charge is -2.42. The van der Waals surface area contributed by atoms with Crippen LogP contribution in [0.1, 0.15) is 47.9 Å². The molecule has 4 atom stereocenters. The van der Waals surface area contributed by atoms with E-state index in [4.69, 9.17) is 9.47 Å². The molecule has 37 heavy (non-hydrogen) atoms. The number of aliphatic hydroxyl groups excluding tert-OH is 1. The van der Waals surface area contributed by atoms with E-state index in [1.54, 1.807) is 0 Å². The van der Waals surface area contributed by atoms with Crippen LogP contribution in [0.4, 0.5) is 30.7 Å². The zero-order valence-corrected chi connectivity index (χ0v) is 19.9. The van der Waals surface area contributed by atoms with E-state index < -0.39 is 53.2 Å². The number of carbonyl (C=O) groups excluding carboxylic acids is 1. The van der Waals surface area contributed by atoms with Crippen molar-refractivity contribution in [1.29, 1.82) is 0 Å². The number of rotatable bonds is 8. The van der Waals surface area contributed by atoms with Gasteiger partial charge in [0, 0.05) is 19.4 Å². The Morgan fingerprint density at radius 2 is 1.57 bits per heavy atom. The maximum atomic E-state index is 13.5. The molecule has 3 rings (SSSR count). The number of esters is 1. The van der Waals surface area contributed by atoms with E-state index >= 15 is 0 Å². The van der Waals surface area contributed by atoms with E-state index in [-0.39, 0.29) is 43.8 Å². The molecular formula is C26H27F7O4. The van der Waals surface area contributed by atoms with Crippen molar-refractivity contribution in [3.8, 4) is 0 Å². The van der Waals surface area contributed by atoms with Crippen LogP contribution in [0.15, 0.2) is 42.5 Å². The van der Waals surface area contributed by atoms with Gasteiger partial charge in [-0.1, -0.05) is 12.1 Å². The van der Waals surface area contributed by atoms with Gasteiger partial charge in [0.1, 0.15) is 5.82 Å². The van der Waals surface area contributed by atoms with Crippen LogP contribution >= 0.6 is 0 Å². The third-order valence-electron chi connectivity index (χ3n) is 6.63. The van der Waals surface area contributed by atoms with Gasteiger partial charge in [-0.05, 0) is 72.6 Å². The molecule has 204 valence electrons. The van der Waals surface area contributed by atoms with Gasteiger partial charge in [0.15, 0.2) is 0 Å². The van der Waals surface area contributed by atoms with Gasteiger partial charge < -0.3 is 14.6 Å². The molecule has 4 nitrogen and oxygen atoms in total. The first-order valence-electron chi connectivity index (χ1n) is 11.7. The van der Waals surface area contributed by atoms with Gasteiger partial charge in [0.25, 0.3) is 0 Å². The average molecular weight is 536 g/mol. The number of hydrogen-bond acceptors (Lipinski definition) is 4. The van der Waals surface area contributed by atoms with Gasteiger partial charge in [0.2, 0.25) is 0 Å². The van der Waals surface area contributed by atoms with Crippen molar-refractivity contribution in [2.75, 3.05) is 19.8 Å². The Morgan fingerprint density at radius 1 is 0.973 bits per heavy atom. The molecule has 0 aromatic heterocycles. The van der Waals surface area contributed by atoms with Crippen LogP contribution < -0.4 is 0 Å². The predicted octanol–water partition coefficient (Wildman–Crippen LogP) is 6.16. The molecule has 0 heterocycles. The Balaban J connectivity index is 1.80. The number of halogens is 7. The van der Waals surface area contributed by atoms with E-state index in [2.05, 4.69) is 0 Å². The van der Waals surface area contributed by atoms with Crippen LogP contribution in [-0.4, -0.2) is 37.0 Å². The molecule has 1 fully saturated rings. The monoisotopic (exact) mass is 536 g/mol. The number of benzene rings is 2.